The fraction of sp³-hybridized carbons (Fsp3) is 0.579. The second kappa shape index (κ2) is 8.43. The van der Waals surface area contributed by atoms with Crippen molar-refractivity contribution < 1.29 is 14.0 Å². The average Bonchev–Trinajstić information content (AvgIpc) is 2.55. The lowest BCUT2D eigenvalue weighted by Gasteiger charge is -2.41. The monoisotopic (exact) mass is 349 g/mol. The van der Waals surface area contributed by atoms with Crippen LogP contribution in [-0.2, 0) is 9.59 Å². The normalized spacial score (nSPS) is 21.9. The Morgan fingerprint density at radius 3 is 2.36 bits per heavy atom. The summed E-state index contributed by atoms with van der Waals surface area (Å²) < 4.78 is 12.9. The maximum absolute atomic E-state index is 12.9. The molecule has 0 spiro atoms. The molecule has 0 bridgehead atoms. The molecule has 5 nitrogen and oxygen atoms in total. The van der Waals surface area contributed by atoms with Gasteiger partial charge in [0.25, 0.3) is 0 Å². The van der Waals surface area contributed by atoms with Crippen LogP contribution in [0.15, 0.2) is 24.3 Å². The van der Waals surface area contributed by atoms with Gasteiger partial charge < -0.3 is 10.2 Å². The lowest BCUT2D eigenvalue weighted by atomic mass is 9.96. The predicted octanol–water partition coefficient (Wildman–Crippen LogP) is 2.87. The van der Waals surface area contributed by atoms with E-state index in [1.165, 1.54) is 24.3 Å². The van der Waals surface area contributed by atoms with Crippen molar-refractivity contribution in [3.05, 3.63) is 30.1 Å². The lowest BCUT2D eigenvalue weighted by Crippen LogP contribution is -2.54. The highest BCUT2D eigenvalue weighted by molar-refractivity contribution is 5.92. The fourth-order valence-electron chi connectivity index (χ4n) is 3.36. The maximum atomic E-state index is 12.9. The first-order valence-corrected chi connectivity index (χ1v) is 8.87. The van der Waals surface area contributed by atoms with E-state index in [2.05, 4.69) is 19.2 Å². The molecule has 2 amide bonds. The number of halogens is 1. The zero-order valence-electron chi connectivity index (χ0n) is 15.5. The number of nitrogens with zero attached hydrogens (tertiary/aromatic N) is 2. The standard InChI is InChI=1S/C19H28FN3O2/c1-13-6-5-7-14(2)23(13)19(25)15(3)22(4)12-18(24)21-17-10-8-16(20)9-11-17/h8-11,13-15H,5-7,12H2,1-4H3,(H,21,24)/t13-,14-,15-/m1/s1. The Morgan fingerprint density at radius 2 is 1.80 bits per heavy atom. The summed E-state index contributed by atoms with van der Waals surface area (Å²) in [7, 11) is 1.77. The first-order valence-electron chi connectivity index (χ1n) is 8.87. The van der Waals surface area contributed by atoms with Crippen molar-refractivity contribution in [1.82, 2.24) is 9.80 Å². The average molecular weight is 349 g/mol. The molecule has 3 atom stereocenters. The molecule has 1 aliphatic rings. The smallest absolute Gasteiger partial charge is 0.240 e. The molecular formula is C19H28FN3O2. The Balaban J connectivity index is 1.92. The summed E-state index contributed by atoms with van der Waals surface area (Å²) >= 11 is 0. The molecule has 1 aromatic rings. The number of amides is 2. The molecule has 6 heteroatoms. The summed E-state index contributed by atoms with van der Waals surface area (Å²) in [5, 5.41) is 2.72. The number of likely N-dealkylation sites (N-methyl/N-ethyl adjacent to an activating group) is 1. The topological polar surface area (TPSA) is 52.7 Å². The van der Waals surface area contributed by atoms with Gasteiger partial charge in [-0.1, -0.05) is 0 Å². The number of carbonyl (C=O) groups excluding carboxylic acids is 2. The second-order valence-electron chi connectivity index (χ2n) is 7.02. The highest BCUT2D eigenvalue weighted by atomic mass is 19.1. The lowest BCUT2D eigenvalue weighted by molar-refractivity contribution is -0.142. The first-order chi connectivity index (χ1) is 11.8. The minimum atomic E-state index is -0.373. The molecule has 1 aliphatic heterocycles. The Hall–Kier alpha value is -1.95. The SMILES string of the molecule is C[C@H](C(=O)N1[C@H](C)CCC[C@H]1C)N(C)CC(=O)Nc1ccc(F)cc1. The maximum Gasteiger partial charge on any atom is 0.240 e. The number of hydrogen-bond donors (Lipinski definition) is 1. The molecule has 0 aliphatic carbocycles. The molecule has 1 saturated heterocycles. The summed E-state index contributed by atoms with van der Waals surface area (Å²) in [5.74, 6) is -0.510. The number of anilines is 1. The summed E-state index contributed by atoms with van der Waals surface area (Å²) in [4.78, 5) is 28.7. The number of rotatable bonds is 5. The van der Waals surface area contributed by atoms with Gasteiger partial charge in [-0.2, -0.15) is 0 Å². The van der Waals surface area contributed by atoms with Crippen LogP contribution >= 0.6 is 0 Å². The number of benzene rings is 1. The summed E-state index contributed by atoms with van der Waals surface area (Å²) in [6.45, 7) is 6.10. The van der Waals surface area contributed by atoms with E-state index < -0.39 is 0 Å². The number of nitrogens with one attached hydrogen (secondary N) is 1. The van der Waals surface area contributed by atoms with Crippen molar-refractivity contribution in [2.24, 2.45) is 0 Å². The van der Waals surface area contributed by atoms with Crippen LogP contribution in [0.2, 0.25) is 0 Å². The molecule has 25 heavy (non-hydrogen) atoms. The molecule has 1 aromatic carbocycles. The Labute approximate surface area is 149 Å². The number of piperidine rings is 1. The zero-order chi connectivity index (χ0) is 18.6. The highest BCUT2D eigenvalue weighted by Crippen LogP contribution is 2.24. The van der Waals surface area contributed by atoms with E-state index in [4.69, 9.17) is 0 Å². The van der Waals surface area contributed by atoms with Gasteiger partial charge in [0.15, 0.2) is 0 Å². The first kappa shape index (κ1) is 19.4. The van der Waals surface area contributed by atoms with E-state index >= 15 is 0 Å². The van der Waals surface area contributed by atoms with Gasteiger partial charge in [-0.3, -0.25) is 14.5 Å². The van der Waals surface area contributed by atoms with E-state index in [1.807, 2.05) is 11.8 Å². The van der Waals surface area contributed by atoms with Crippen molar-refractivity contribution >= 4 is 17.5 Å². The molecular weight excluding hydrogens is 321 g/mol. The van der Waals surface area contributed by atoms with E-state index in [1.54, 1.807) is 11.9 Å². The van der Waals surface area contributed by atoms with Crippen LogP contribution in [0.4, 0.5) is 10.1 Å². The number of hydrogen-bond acceptors (Lipinski definition) is 3. The van der Waals surface area contributed by atoms with Crippen molar-refractivity contribution in [3.8, 4) is 0 Å². The van der Waals surface area contributed by atoms with Gasteiger partial charge in [0.05, 0.1) is 12.6 Å². The summed E-state index contributed by atoms with van der Waals surface area (Å²) in [6, 6.07) is 5.72. The summed E-state index contributed by atoms with van der Waals surface area (Å²) in [6.07, 6.45) is 3.20. The van der Waals surface area contributed by atoms with Crippen LogP contribution in [0, 0.1) is 5.82 Å². The van der Waals surface area contributed by atoms with Gasteiger partial charge in [-0.15, -0.1) is 0 Å². The zero-order valence-corrected chi connectivity index (χ0v) is 15.5. The van der Waals surface area contributed by atoms with Gasteiger partial charge in [0.2, 0.25) is 11.8 Å². The van der Waals surface area contributed by atoms with E-state index in [9.17, 15) is 14.0 Å². The second-order valence-corrected chi connectivity index (χ2v) is 7.02. The fourth-order valence-corrected chi connectivity index (χ4v) is 3.36. The van der Waals surface area contributed by atoms with Gasteiger partial charge in [-0.05, 0) is 71.3 Å². The number of likely N-dealkylation sites (tertiary alicyclic amines) is 1. The highest BCUT2D eigenvalue weighted by Gasteiger charge is 2.33. The number of carbonyl (C=O) groups is 2. The third kappa shape index (κ3) is 5.01. The van der Waals surface area contributed by atoms with Gasteiger partial charge in [0.1, 0.15) is 5.82 Å². The van der Waals surface area contributed by atoms with E-state index in [-0.39, 0.29) is 42.3 Å². The molecule has 0 aromatic heterocycles. The molecule has 2 rings (SSSR count). The van der Waals surface area contributed by atoms with Crippen LogP contribution in [0.1, 0.15) is 40.0 Å². The molecule has 1 N–H and O–H groups in total. The Morgan fingerprint density at radius 1 is 1.24 bits per heavy atom. The van der Waals surface area contributed by atoms with Crippen molar-refractivity contribution in [3.63, 3.8) is 0 Å². The summed E-state index contributed by atoms with van der Waals surface area (Å²) in [5.41, 5.74) is 0.539. The quantitative estimate of drug-likeness (QED) is 0.889. The molecule has 0 radical (unpaired) electrons. The van der Waals surface area contributed by atoms with Crippen LogP contribution in [0.5, 0.6) is 0 Å². The van der Waals surface area contributed by atoms with Crippen LogP contribution in [0.3, 0.4) is 0 Å². The van der Waals surface area contributed by atoms with Crippen LogP contribution in [-0.4, -0.2) is 53.3 Å². The van der Waals surface area contributed by atoms with Crippen molar-refractivity contribution in [2.45, 2.75) is 58.2 Å². The van der Waals surface area contributed by atoms with E-state index in [0.29, 0.717) is 5.69 Å². The van der Waals surface area contributed by atoms with Crippen LogP contribution < -0.4 is 5.32 Å². The van der Waals surface area contributed by atoms with Gasteiger partial charge in [0, 0.05) is 17.8 Å². The molecule has 0 saturated carbocycles. The van der Waals surface area contributed by atoms with Crippen molar-refractivity contribution in [1.29, 1.82) is 0 Å². The van der Waals surface area contributed by atoms with Crippen molar-refractivity contribution in [2.75, 3.05) is 18.9 Å². The van der Waals surface area contributed by atoms with E-state index in [0.717, 1.165) is 19.3 Å². The predicted molar refractivity (Wildman–Crippen MR) is 96.7 cm³/mol. The minimum absolute atomic E-state index is 0.0665. The molecule has 1 fully saturated rings. The Bertz CT molecular complexity index is 595. The third-order valence-electron chi connectivity index (χ3n) is 4.99. The molecule has 0 unspecified atom stereocenters. The minimum Gasteiger partial charge on any atom is -0.336 e. The third-order valence-corrected chi connectivity index (χ3v) is 4.99. The molecule has 138 valence electrons. The van der Waals surface area contributed by atoms with Gasteiger partial charge in [-0.25, -0.2) is 4.39 Å². The molecule has 1 heterocycles. The Kier molecular flexibility index (Phi) is 6.53. The van der Waals surface area contributed by atoms with Crippen LogP contribution in [0.25, 0.3) is 0 Å². The largest absolute Gasteiger partial charge is 0.336 e. The van der Waals surface area contributed by atoms with Gasteiger partial charge >= 0.3 is 0 Å².